The summed E-state index contributed by atoms with van der Waals surface area (Å²) in [6.07, 6.45) is 6.69. The molecule has 14 heavy (non-hydrogen) atoms. The summed E-state index contributed by atoms with van der Waals surface area (Å²) in [6.45, 7) is 16.9. The van der Waals surface area contributed by atoms with E-state index in [-0.39, 0.29) is 0 Å². The van der Waals surface area contributed by atoms with Crippen molar-refractivity contribution in [3.63, 3.8) is 0 Å². The van der Waals surface area contributed by atoms with E-state index in [0.717, 1.165) is 32.6 Å². The lowest BCUT2D eigenvalue weighted by molar-refractivity contribution is 0.392. The van der Waals surface area contributed by atoms with Gasteiger partial charge in [0.15, 0.2) is 0 Å². The predicted octanol–water partition coefficient (Wildman–Crippen LogP) is 1.99. The van der Waals surface area contributed by atoms with Gasteiger partial charge in [-0.2, -0.15) is 0 Å². The molecule has 0 aromatic rings. The van der Waals surface area contributed by atoms with Gasteiger partial charge in [0.25, 0.3) is 0 Å². The van der Waals surface area contributed by atoms with E-state index in [4.69, 9.17) is 0 Å². The molecule has 1 N–H and O–H groups in total. The normalized spacial score (nSPS) is 10.1. The molecule has 2 heteroatoms. The van der Waals surface area contributed by atoms with E-state index in [1.807, 2.05) is 18.2 Å². The molecule has 0 aliphatic heterocycles. The van der Waals surface area contributed by atoms with Crippen LogP contribution in [0.5, 0.6) is 0 Å². The van der Waals surface area contributed by atoms with Crippen molar-refractivity contribution in [3.05, 3.63) is 44.5 Å². The van der Waals surface area contributed by atoms with Gasteiger partial charge in [-0.25, -0.2) is 0 Å². The van der Waals surface area contributed by atoms with Crippen LogP contribution >= 0.6 is 0 Å². The van der Waals surface area contributed by atoms with Crippen LogP contribution in [-0.2, 0) is 0 Å². The van der Waals surface area contributed by atoms with Gasteiger partial charge in [0.2, 0.25) is 0 Å². The van der Waals surface area contributed by atoms with E-state index < -0.39 is 0 Å². The first-order valence-electron chi connectivity index (χ1n) is 4.96. The smallest absolute Gasteiger partial charge is 0.0270 e. The first-order valence-corrected chi connectivity index (χ1v) is 4.96. The van der Waals surface area contributed by atoms with Gasteiger partial charge in [0.05, 0.1) is 0 Å². The van der Waals surface area contributed by atoms with Gasteiger partial charge >= 0.3 is 0 Å². The molecule has 0 fully saturated rings. The number of nitrogens with one attached hydrogen (secondary N) is 1. The van der Waals surface area contributed by atoms with E-state index in [2.05, 4.69) is 36.5 Å². The van der Waals surface area contributed by atoms with Gasteiger partial charge in [-0.3, -0.25) is 4.90 Å². The first kappa shape index (κ1) is 13.1. The van der Waals surface area contributed by atoms with Crippen molar-refractivity contribution in [2.75, 3.05) is 26.2 Å². The average molecular weight is 193 g/mol. The molecule has 0 spiro atoms. The zero-order chi connectivity index (χ0) is 10.6. The number of rotatable bonds is 10. The van der Waals surface area contributed by atoms with Crippen LogP contribution in [0.3, 0.4) is 0 Å². The third kappa shape index (κ3) is 7.77. The van der Waals surface area contributed by atoms with Crippen LogP contribution in [0, 0.1) is 6.54 Å². The van der Waals surface area contributed by atoms with Crippen molar-refractivity contribution in [2.24, 2.45) is 0 Å². The van der Waals surface area contributed by atoms with Gasteiger partial charge < -0.3 is 5.32 Å². The molecule has 0 aromatic heterocycles. The molecule has 0 atom stereocenters. The highest BCUT2D eigenvalue weighted by Crippen LogP contribution is 1.96. The third-order valence-corrected chi connectivity index (χ3v) is 1.72. The quantitative estimate of drug-likeness (QED) is 0.421. The van der Waals surface area contributed by atoms with Crippen LogP contribution in [0.25, 0.3) is 0 Å². The van der Waals surface area contributed by atoms with Gasteiger partial charge in [0.1, 0.15) is 0 Å². The molecule has 0 bridgehead atoms. The molecular formula is C12H21N2. The second-order valence-electron chi connectivity index (χ2n) is 3.00. The maximum absolute atomic E-state index is 3.72. The molecule has 0 aliphatic rings. The molecule has 79 valence electrons. The lowest BCUT2D eigenvalue weighted by Gasteiger charge is -2.17. The molecule has 0 aromatic carbocycles. The molecule has 0 aliphatic carbocycles. The summed E-state index contributed by atoms with van der Waals surface area (Å²) < 4.78 is 0. The third-order valence-electron chi connectivity index (χ3n) is 1.72. The first-order chi connectivity index (χ1) is 6.85. The van der Waals surface area contributed by atoms with Crippen LogP contribution in [0.4, 0.5) is 0 Å². The van der Waals surface area contributed by atoms with Gasteiger partial charge in [-0.1, -0.05) is 18.2 Å². The van der Waals surface area contributed by atoms with Crippen molar-refractivity contribution in [1.82, 2.24) is 10.2 Å². The van der Waals surface area contributed by atoms with E-state index in [1.54, 1.807) is 0 Å². The Morgan fingerprint density at radius 2 is 1.64 bits per heavy atom. The molecular weight excluding hydrogens is 172 g/mol. The monoisotopic (exact) mass is 193 g/mol. The summed E-state index contributed by atoms with van der Waals surface area (Å²) in [7, 11) is 0. The Bertz CT molecular complexity index is 154. The minimum Gasteiger partial charge on any atom is -0.313 e. The van der Waals surface area contributed by atoms with Crippen molar-refractivity contribution >= 4 is 0 Å². The zero-order valence-corrected chi connectivity index (χ0v) is 8.91. The Morgan fingerprint density at radius 3 is 2.14 bits per heavy atom. The number of nitrogens with zero attached hydrogens (tertiary/aromatic N) is 1. The molecule has 0 saturated heterocycles. The second kappa shape index (κ2) is 10.2. The summed E-state index contributed by atoms with van der Waals surface area (Å²) >= 11 is 0. The average Bonchev–Trinajstić information content (AvgIpc) is 2.18. The number of hydrogen-bond acceptors (Lipinski definition) is 2. The number of hydrogen-bond donors (Lipinski definition) is 1. The summed E-state index contributed by atoms with van der Waals surface area (Å²) in [5, 5.41) is 3.25. The highest BCUT2D eigenvalue weighted by Gasteiger charge is 1.99. The fourth-order valence-electron chi connectivity index (χ4n) is 1.11. The molecule has 0 rings (SSSR count). The Balaban J connectivity index is 3.43. The molecule has 2 nitrogen and oxygen atoms in total. The largest absolute Gasteiger partial charge is 0.313 e. The lowest BCUT2D eigenvalue weighted by atomic mass is 10.3. The maximum atomic E-state index is 3.72. The summed E-state index contributed by atoms with van der Waals surface area (Å²) in [5.41, 5.74) is 0. The van der Waals surface area contributed by atoms with Crippen molar-refractivity contribution < 1.29 is 0 Å². The Hall–Kier alpha value is -0.860. The van der Waals surface area contributed by atoms with Crippen molar-refractivity contribution in [3.8, 4) is 0 Å². The topological polar surface area (TPSA) is 15.3 Å². The summed E-state index contributed by atoms with van der Waals surface area (Å²) in [4.78, 5) is 2.19. The SMILES string of the molecule is C=CCNCC[CH]N(CC=C)CC=C. The minimum absolute atomic E-state index is 0.872. The van der Waals surface area contributed by atoms with Crippen LogP contribution < -0.4 is 5.32 Å². The lowest BCUT2D eigenvalue weighted by Crippen LogP contribution is -2.24. The van der Waals surface area contributed by atoms with E-state index in [0.29, 0.717) is 0 Å². The van der Waals surface area contributed by atoms with Crippen LogP contribution in [0.15, 0.2) is 38.0 Å². The predicted molar refractivity (Wildman–Crippen MR) is 64.0 cm³/mol. The van der Waals surface area contributed by atoms with E-state index in [1.165, 1.54) is 0 Å². The Kier molecular flexibility index (Phi) is 9.59. The molecule has 0 heterocycles. The van der Waals surface area contributed by atoms with Gasteiger partial charge in [0, 0.05) is 26.2 Å². The van der Waals surface area contributed by atoms with Gasteiger partial charge in [-0.05, 0) is 13.0 Å². The molecule has 0 unspecified atom stereocenters. The maximum Gasteiger partial charge on any atom is 0.0270 e. The minimum atomic E-state index is 0.872. The molecule has 0 saturated carbocycles. The van der Waals surface area contributed by atoms with Crippen molar-refractivity contribution in [1.29, 1.82) is 0 Å². The molecule has 1 radical (unpaired) electrons. The molecule has 0 amide bonds. The highest BCUT2D eigenvalue weighted by molar-refractivity contribution is 4.84. The Labute approximate surface area is 88.0 Å². The van der Waals surface area contributed by atoms with Crippen LogP contribution in [-0.4, -0.2) is 31.1 Å². The highest BCUT2D eigenvalue weighted by atomic mass is 15.1. The van der Waals surface area contributed by atoms with Crippen LogP contribution in [0.1, 0.15) is 6.42 Å². The fraction of sp³-hybridized carbons (Fsp3) is 0.417. The van der Waals surface area contributed by atoms with E-state index in [9.17, 15) is 0 Å². The van der Waals surface area contributed by atoms with Gasteiger partial charge in [-0.15, -0.1) is 19.7 Å². The van der Waals surface area contributed by atoms with Crippen LogP contribution in [0.2, 0.25) is 0 Å². The summed E-state index contributed by atoms with van der Waals surface area (Å²) in [5.74, 6) is 0. The second-order valence-corrected chi connectivity index (χ2v) is 3.00. The fourth-order valence-corrected chi connectivity index (χ4v) is 1.11. The Morgan fingerprint density at radius 1 is 1.00 bits per heavy atom. The van der Waals surface area contributed by atoms with E-state index >= 15 is 0 Å². The zero-order valence-electron chi connectivity index (χ0n) is 8.91. The standard InChI is InChI=1S/C12H21N2/c1-4-8-13-9-7-12-14(10-5-2)11-6-3/h4-6,12-13H,1-3,7-11H2. The van der Waals surface area contributed by atoms with Crippen molar-refractivity contribution in [2.45, 2.75) is 6.42 Å². The summed E-state index contributed by atoms with van der Waals surface area (Å²) in [6, 6.07) is 0.